The van der Waals surface area contributed by atoms with Gasteiger partial charge in [0.2, 0.25) is 0 Å². The Bertz CT molecular complexity index is 808. The molecule has 1 amide bonds. The van der Waals surface area contributed by atoms with Crippen molar-refractivity contribution in [3.05, 3.63) is 41.7 Å². The van der Waals surface area contributed by atoms with E-state index in [1.807, 2.05) is 0 Å². The van der Waals surface area contributed by atoms with Crippen LogP contribution in [-0.2, 0) is 11.0 Å². The third-order valence-corrected chi connectivity index (χ3v) is 3.53. The van der Waals surface area contributed by atoms with Crippen LogP contribution in [0.4, 0.5) is 13.2 Å². The van der Waals surface area contributed by atoms with E-state index in [-0.39, 0.29) is 17.3 Å². The number of hydrazine groups is 1. The lowest BCUT2D eigenvalue weighted by atomic mass is 10.1. The zero-order valence-corrected chi connectivity index (χ0v) is 13.3. The molecule has 0 unspecified atom stereocenters. The van der Waals surface area contributed by atoms with Gasteiger partial charge in [-0.1, -0.05) is 0 Å². The quantitative estimate of drug-likeness (QED) is 0.641. The van der Waals surface area contributed by atoms with Gasteiger partial charge in [-0.2, -0.15) is 13.2 Å². The largest absolute Gasteiger partial charge is 0.416 e. The van der Waals surface area contributed by atoms with Crippen molar-refractivity contribution in [1.29, 1.82) is 0 Å². The fourth-order valence-corrected chi connectivity index (χ4v) is 2.14. The summed E-state index contributed by atoms with van der Waals surface area (Å²) in [6.45, 7) is 1.58. The Morgan fingerprint density at radius 1 is 1.32 bits per heavy atom. The second-order valence-corrected chi connectivity index (χ2v) is 5.86. The van der Waals surface area contributed by atoms with E-state index in [0.29, 0.717) is 11.6 Å². The second-order valence-electron chi connectivity index (χ2n) is 5.86. The lowest BCUT2D eigenvalue weighted by Gasteiger charge is -2.09. The maximum absolute atomic E-state index is 12.9. The minimum Gasteiger partial charge on any atom is -0.288 e. The van der Waals surface area contributed by atoms with E-state index >= 15 is 0 Å². The molecule has 0 atom stereocenters. The third kappa shape index (κ3) is 4.66. The molecule has 2 aromatic rings. The number of carbonyl (C=O) groups is 1. The minimum absolute atomic E-state index is 0.148. The minimum atomic E-state index is -4.43. The third-order valence-electron chi connectivity index (χ3n) is 3.53. The van der Waals surface area contributed by atoms with Crippen LogP contribution in [0.25, 0.3) is 17.6 Å². The summed E-state index contributed by atoms with van der Waals surface area (Å²) in [5.74, 6) is -0.200. The molecule has 0 bridgehead atoms. The SMILES string of the molecule is Cc1cc(-c2ncn(/C=C\C(=O)NNC3CC3)n2)cc(C(F)(F)F)c1. The molecule has 3 rings (SSSR count). The van der Waals surface area contributed by atoms with E-state index in [1.165, 1.54) is 23.3 Å². The smallest absolute Gasteiger partial charge is 0.288 e. The number of amides is 1. The van der Waals surface area contributed by atoms with Crippen molar-refractivity contribution in [2.75, 3.05) is 0 Å². The summed E-state index contributed by atoms with van der Waals surface area (Å²) in [5.41, 5.74) is 5.34. The monoisotopic (exact) mass is 351 g/mol. The van der Waals surface area contributed by atoms with E-state index in [4.69, 9.17) is 0 Å². The lowest BCUT2D eigenvalue weighted by Crippen LogP contribution is -2.37. The van der Waals surface area contributed by atoms with E-state index in [1.54, 1.807) is 13.0 Å². The number of hydrogen-bond donors (Lipinski definition) is 2. The Morgan fingerprint density at radius 2 is 2.08 bits per heavy atom. The fraction of sp³-hybridized carbons (Fsp3) is 0.312. The van der Waals surface area contributed by atoms with Crippen molar-refractivity contribution in [2.24, 2.45) is 0 Å². The van der Waals surface area contributed by atoms with E-state index in [0.717, 1.165) is 25.0 Å². The van der Waals surface area contributed by atoms with Crippen molar-refractivity contribution in [3.63, 3.8) is 0 Å². The summed E-state index contributed by atoms with van der Waals surface area (Å²) in [4.78, 5) is 15.6. The predicted octanol–water partition coefficient (Wildman–Crippen LogP) is 2.53. The molecule has 1 aromatic heterocycles. The maximum atomic E-state index is 12.9. The van der Waals surface area contributed by atoms with Gasteiger partial charge in [0.25, 0.3) is 5.91 Å². The van der Waals surface area contributed by atoms with Crippen LogP contribution in [0, 0.1) is 6.92 Å². The number of nitrogens with zero attached hydrogens (tertiary/aromatic N) is 3. The summed E-state index contributed by atoms with van der Waals surface area (Å²) in [6.07, 6.45) is 1.59. The Hall–Kier alpha value is -2.68. The zero-order chi connectivity index (χ0) is 18.0. The molecule has 1 aliphatic rings. The molecule has 0 radical (unpaired) electrons. The molecular formula is C16H16F3N5O. The summed E-state index contributed by atoms with van der Waals surface area (Å²) in [6, 6.07) is 3.98. The van der Waals surface area contributed by atoms with E-state index < -0.39 is 11.7 Å². The number of hydrogen-bond acceptors (Lipinski definition) is 4. The molecule has 1 fully saturated rings. The number of nitrogens with one attached hydrogen (secondary N) is 2. The van der Waals surface area contributed by atoms with Crippen molar-refractivity contribution in [1.82, 2.24) is 25.6 Å². The lowest BCUT2D eigenvalue weighted by molar-refractivity contribution is -0.137. The number of halogens is 3. The molecule has 0 spiro atoms. The van der Waals surface area contributed by atoms with Crippen LogP contribution in [0.1, 0.15) is 24.0 Å². The van der Waals surface area contributed by atoms with Crippen LogP contribution in [0.2, 0.25) is 0 Å². The molecule has 0 saturated heterocycles. The van der Waals surface area contributed by atoms with E-state index in [9.17, 15) is 18.0 Å². The van der Waals surface area contributed by atoms with Gasteiger partial charge in [0, 0.05) is 23.9 Å². The number of benzene rings is 1. The molecule has 1 saturated carbocycles. The molecular weight excluding hydrogens is 335 g/mol. The van der Waals surface area contributed by atoms with Gasteiger partial charge in [-0.25, -0.2) is 15.1 Å². The van der Waals surface area contributed by atoms with Crippen LogP contribution >= 0.6 is 0 Å². The standard InChI is InChI=1S/C16H16F3N5O/c1-10-6-11(8-12(7-10)16(17,18)19)15-20-9-24(23-15)5-4-14(25)22-21-13-2-3-13/h4-9,13,21H,2-3H2,1H3,(H,22,25)/b5-4-. The van der Waals surface area contributed by atoms with Crippen LogP contribution in [0.5, 0.6) is 0 Å². The van der Waals surface area contributed by atoms with Crippen LogP contribution in [0.15, 0.2) is 30.6 Å². The average Bonchev–Trinajstić information content (AvgIpc) is 3.25. The Morgan fingerprint density at radius 3 is 2.76 bits per heavy atom. The topological polar surface area (TPSA) is 71.8 Å². The van der Waals surface area contributed by atoms with Gasteiger partial charge in [0.05, 0.1) is 5.56 Å². The Labute approximate surface area is 141 Å². The number of aromatic nitrogens is 3. The first-order chi connectivity index (χ1) is 11.8. The zero-order valence-electron chi connectivity index (χ0n) is 13.3. The molecule has 6 nitrogen and oxygen atoms in total. The molecule has 1 aromatic carbocycles. The van der Waals surface area contributed by atoms with Crippen LogP contribution < -0.4 is 10.9 Å². The van der Waals surface area contributed by atoms with Gasteiger partial charge in [0.1, 0.15) is 6.33 Å². The van der Waals surface area contributed by atoms with Gasteiger partial charge >= 0.3 is 6.18 Å². The van der Waals surface area contributed by atoms with Crippen LogP contribution in [0.3, 0.4) is 0 Å². The van der Waals surface area contributed by atoms with E-state index in [2.05, 4.69) is 20.9 Å². The number of alkyl halides is 3. The van der Waals surface area contributed by atoms with Crippen molar-refractivity contribution in [3.8, 4) is 11.4 Å². The highest BCUT2D eigenvalue weighted by Gasteiger charge is 2.31. The van der Waals surface area contributed by atoms with Gasteiger partial charge in [-0.05, 0) is 43.5 Å². The van der Waals surface area contributed by atoms with Crippen molar-refractivity contribution < 1.29 is 18.0 Å². The van der Waals surface area contributed by atoms with Crippen molar-refractivity contribution >= 4 is 12.1 Å². The molecule has 1 heterocycles. The highest BCUT2D eigenvalue weighted by Crippen LogP contribution is 2.32. The summed E-state index contributed by atoms with van der Waals surface area (Å²) in [7, 11) is 0. The highest BCUT2D eigenvalue weighted by atomic mass is 19.4. The van der Waals surface area contributed by atoms with Gasteiger partial charge in [0.15, 0.2) is 5.82 Å². The number of carbonyl (C=O) groups excluding carboxylic acids is 1. The maximum Gasteiger partial charge on any atom is 0.416 e. The highest BCUT2D eigenvalue weighted by molar-refractivity contribution is 5.89. The summed E-state index contributed by atoms with van der Waals surface area (Å²) in [5, 5.41) is 4.08. The second kappa shape index (κ2) is 6.67. The fourth-order valence-electron chi connectivity index (χ4n) is 2.14. The Balaban J connectivity index is 1.72. The molecule has 9 heteroatoms. The van der Waals surface area contributed by atoms with Gasteiger partial charge in [-0.3, -0.25) is 10.2 Å². The summed E-state index contributed by atoms with van der Waals surface area (Å²) >= 11 is 0. The summed E-state index contributed by atoms with van der Waals surface area (Å²) < 4.78 is 40.0. The van der Waals surface area contributed by atoms with Crippen molar-refractivity contribution in [2.45, 2.75) is 32.0 Å². The normalized spacial score (nSPS) is 14.9. The molecule has 2 N–H and O–H groups in total. The number of aryl methyl sites for hydroxylation is 1. The molecule has 132 valence electrons. The average molecular weight is 351 g/mol. The molecule has 1 aliphatic carbocycles. The first-order valence-electron chi connectivity index (χ1n) is 7.65. The predicted molar refractivity (Wildman–Crippen MR) is 84.8 cm³/mol. The first-order valence-corrected chi connectivity index (χ1v) is 7.65. The molecule has 25 heavy (non-hydrogen) atoms. The Kier molecular flexibility index (Phi) is 4.58. The number of rotatable bonds is 5. The van der Waals surface area contributed by atoms with Gasteiger partial charge < -0.3 is 0 Å². The van der Waals surface area contributed by atoms with Gasteiger partial charge in [-0.15, -0.1) is 5.10 Å². The first kappa shape index (κ1) is 17.2. The van der Waals surface area contributed by atoms with Crippen LogP contribution in [-0.4, -0.2) is 26.7 Å². The molecule has 0 aliphatic heterocycles.